The summed E-state index contributed by atoms with van der Waals surface area (Å²) < 4.78 is 0.929. The molecular weight excluding hydrogens is 316 g/mol. The van der Waals surface area contributed by atoms with Crippen LogP contribution in [0.2, 0.25) is 0 Å². The molecule has 0 aromatic heterocycles. The van der Waals surface area contributed by atoms with Crippen LogP contribution < -0.4 is 11.1 Å². The van der Waals surface area contributed by atoms with E-state index in [1.54, 1.807) is 0 Å². The Hall–Kier alpha value is -0.870. The van der Waals surface area contributed by atoms with Gasteiger partial charge in [-0.2, -0.15) is 0 Å². The number of carbonyl (C=O) groups is 1. The number of aryl methyl sites for hydroxylation is 1. The van der Waals surface area contributed by atoms with Gasteiger partial charge in [-0.3, -0.25) is 4.79 Å². The number of hydrogen-bond acceptors (Lipinski definition) is 2. The van der Waals surface area contributed by atoms with Crippen LogP contribution in [0.1, 0.15) is 44.6 Å². The molecule has 3 N–H and O–H groups in total. The zero-order valence-corrected chi connectivity index (χ0v) is 14.0. The molecule has 0 saturated carbocycles. The van der Waals surface area contributed by atoms with Gasteiger partial charge in [0.1, 0.15) is 0 Å². The fourth-order valence-electron chi connectivity index (χ4n) is 2.35. The van der Waals surface area contributed by atoms with E-state index in [0.29, 0.717) is 18.9 Å². The quantitative estimate of drug-likeness (QED) is 0.743. The zero-order chi connectivity index (χ0) is 15.0. The van der Waals surface area contributed by atoms with Crippen molar-refractivity contribution in [2.45, 2.75) is 46.0 Å². The number of rotatable bonds is 8. The number of benzene rings is 1. The summed E-state index contributed by atoms with van der Waals surface area (Å²) in [5.41, 5.74) is 7.62. The number of carbonyl (C=O) groups excluding carboxylic acids is 1. The molecule has 0 heterocycles. The van der Waals surface area contributed by atoms with Gasteiger partial charge < -0.3 is 11.1 Å². The highest BCUT2D eigenvalue weighted by Gasteiger charge is 2.11. The highest BCUT2D eigenvalue weighted by Crippen LogP contribution is 2.24. The number of amides is 1. The zero-order valence-electron chi connectivity index (χ0n) is 12.4. The first kappa shape index (κ1) is 17.2. The summed E-state index contributed by atoms with van der Waals surface area (Å²) in [6.45, 7) is 4.90. The molecule has 1 aromatic carbocycles. The minimum atomic E-state index is 0.0766. The molecule has 0 fully saturated rings. The van der Waals surface area contributed by atoms with Gasteiger partial charge in [-0.1, -0.05) is 25.8 Å². The smallest absolute Gasteiger partial charge is 0.224 e. The summed E-state index contributed by atoms with van der Waals surface area (Å²) in [6, 6.07) is 5.93. The normalized spacial score (nSPS) is 12.2. The van der Waals surface area contributed by atoms with Gasteiger partial charge in [0.05, 0.1) is 5.69 Å². The van der Waals surface area contributed by atoms with Gasteiger partial charge in [0.25, 0.3) is 0 Å². The van der Waals surface area contributed by atoms with Gasteiger partial charge in [-0.05, 0) is 65.9 Å². The van der Waals surface area contributed by atoms with Crippen molar-refractivity contribution in [1.29, 1.82) is 0 Å². The molecule has 20 heavy (non-hydrogen) atoms. The van der Waals surface area contributed by atoms with Gasteiger partial charge in [-0.25, -0.2) is 0 Å². The molecule has 0 aliphatic heterocycles. The molecule has 4 heteroatoms. The van der Waals surface area contributed by atoms with E-state index in [9.17, 15) is 4.79 Å². The molecule has 1 unspecified atom stereocenters. The van der Waals surface area contributed by atoms with E-state index >= 15 is 0 Å². The number of nitrogens with two attached hydrogens (primary N) is 1. The summed E-state index contributed by atoms with van der Waals surface area (Å²) in [4.78, 5) is 12.0. The Morgan fingerprint density at radius 3 is 2.70 bits per heavy atom. The molecule has 1 amide bonds. The lowest BCUT2D eigenvalue weighted by Gasteiger charge is -2.15. The third-order valence-corrected chi connectivity index (χ3v) is 4.11. The van der Waals surface area contributed by atoms with Gasteiger partial charge in [0.2, 0.25) is 5.91 Å². The minimum absolute atomic E-state index is 0.0766. The van der Waals surface area contributed by atoms with Gasteiger partial charge in [-0.15, -0.1) is 0 Å². The molecule has 1 rings (SSSR count). The van der Waals surface area contributed by atoms with E-state index in [2.05, 4.69) is 28.2 Å². The summed E-state index contributed by atoms with van der Waals surface area (Å²) in [7, 11) is 0. The van der Waals surface area contributed by atoms with Gasteiger partial charge in [0.15, 0.2) is 0 Å². The molecule has 0 saturated heterocycles. The molecule has 0 spiro atoms. The van der Waals surface area contributed by atoms with Crippen molar-refractivity contribution in [2.24, 2.45) is 11.7 Å². The molecule has 3 nitrogen and oxygen atoms in total. The average molecular weight is 341 g/mol. The van der Waals surface area contributed by atoms with E-state index < -0.39 is 0 Å². The van der Waals surface area contributed by atoms with E-state index in [1.807, 2.05) is 25.1 Å². The van der Waals surface area contributed by atoms with Crippen molar-refractivity contribution in [1.82, 2.24) is 0 Å². The van der Waals surface area contributed by atoms with Crippen molar-refractivity contribution in [3.05, 3.63) is 28.2 Å². The van der Waals surface area contributed by atoms with Crippen LogP contribution in [0, 0.1) is 12.8 Å². The Labute approximate surface area is 130 Å². The van der Waals surface area contributed by atoms with Crippen molar-refractivity contribution in [3.63, 3.8) is 0 Å². The van der Waals surface area contributed by atoms with Crippen LogP contribution >= 0.6 is 15.9 Å². The second-order valence-electron chi connectivity index (χ2n) is 5.30. The fraction of sp³-hybridized carbons (Fsp3) is 0.562. The predicted octanol–water partition coefficient (Wildman–Crippen LogP) is 4.24. The lowest BCUT2D eigenvalue weighted by atomic mass is 9.94. The molecule has 1 atom stereocenters. The van der Waals surface area contributed by atoms with E-state index in [-0.39, 0.29) is 5.91 Å². The van der Waals surface area contributed by atoms with Crippen molar-refractivity contribution in [3.8, 4) is 0 Å². The van der Waals surface area contributed by atoms with Crippen LogP contribution in [0.4, 0.5) is 5.69 Å². The van der Waals surface area contributed by atoms with Crippen LogP contribution in [0.5, 0.6) is 0 Å². The van der Waals surface area contributed by atoms with Gasteiger partial charge in [0, 0.05) is 10.9 Å². The lowest BCUT2D eigenvalue weighted by molar-refractivity contribution is -0.116. The largest absolute Gasteiger partial charge is 0.330 e. The third kappa shape index (κ3) is 6.06. The first-order chi connectivity index (χ1) is 9.56. The van der Waals surface area contributed by atoms with Crippen LogP contribution in [0.15, 0.2) is 22.7 Å². The lowest BCUT2D eigenvalue weighted by Crippen LogP contribution is -2.15. The number of halogens is 1. The summed E-state index contributed by atoms with van der Waals surface area (Å²) in [6.07, 6.45) is 4.79. The second kappa shape index (κ2) is 9.14. The summed E-state index contributed by atoms with van der Waals surface area (Å²) in [5.74, 6) is 0.643. The highest BCUT2D eigenvalue weighted by atomic mass is 79.9. The minimum Gasteiger partial charge on any atom is -0.330 e. The van der Waals surface area contributed by atoms with Crippen molar-refractivity contribution >= 4 is 27.5 Å². The number of hydrogen-bond donors (Lipinski definition) is 2. The Morgan fingerprint density at radius 2 is 2.10 bits per heavy atom. The SMILES string of the molecule is CCCC(CCN)CCC(=O)Nc1ccc(C)cc1Br. The Bertz CT molecular complexity index is 428. The Morgan fingerprint density at radius 1 is 1.35 bits per heavy atom. The topological polar surface area (TPSA) is 55.1 Å². The summed E-state index contributed by atoms with van der Waals surface area (Å²) in [5, 5.41) is 2.96. The maximum atomic E-state index is 12.0. The number of anilines is 1. The third-order valence-electron chi connectivity index (χ3n) is 3.45. The maximum absolute atomic E-state index is 12.0. The average Bonchev–Trinajstić information content (AvgIpc) is 2.40. The molecule has 0 radical (unpaired) electrons. The molecule has 112 valence electrons. The van der Waals surface area contributed by atoms with E-state index in [0.717, 1.165) is 35.8 Å². The monoisotopic (exact) mass is 340 g/mol. The molecule has 1 aromatic rings. The molecule has 0 aliphatic carbocycles. The second-order valence-corrected chi connectivity index (χ2v) is 6.16. The highest BCUT2D eigenvalue weighted by molar-refractivity contribution is 9.10. The predicted molar refractivity (Wildman–Crippen MR) is 88.8 cm³/mol. The van der Waals surface area contributed by atoms with Crippen LogP contribution in [0.3, 0.4) is 0 Å². The molecular formula is C16H25BrN2O. The van der Waals surface area contributed by atoms with Crippen LogP contribution in [-0.4, -0.2) is 12.5 Å². The van der Waals surface area contributed by atoms with Crippen molar-refractivity contribution < 1.29 is 4.79 Å². The fourth-order valence-corrected chi connectivity index (χ4v) is 2.94. The van der Waals surface area contributed by atoms with E-state index in [4.69, 9.17) is 5.73 Å². The first-order valence-corrected chi connectivity index (χ1v) is 8.12. The maximum Gasteiger partial charge on any atom is 0.224 e. The van der Waals surface area contributed by atoms with Gasteiger partial charge >= 0.3 is 0 Å². The summed E-state index contributed by atoms with van der Waals surface area (Å²) >= 11 is 3.47. The van der Waals surface area contributed by atoms with Crippen molar-refractivity contribution in [2.75, 3.05) is 11.9 Å². The Balaban J connectivity index is 2.46. The molecule has 0 bridgehead atoms. The van der Waals surface area contributed by atoms with E-state index in [1.165, 1.54) is 5.56 Å². The first-order valence-electron chi connectivity index (χ1n) is 7.32. The Kier molecular flexibility index (Phi) is 7.85. The standard InChI is InChI=1S/C16H25BrN2O/c1-3-4-13(9-10-18)6-8-16(20)19-15-7-5-12(2)11-14(15)17/h5,7,11,13H,3-4,6,8-10,18H2,1-2H3,(H,19,20). The number of nitrogens with one attached hydrogen (secondary N) is 1. The van der Waals surface area contributed by atoms with Crippen LogP contribution in [0.25, 0.3) is 0 Å². The van der Waals surface area contributed by atoms with Crippen LogP contribution in [-0.2, 0) is 4.79 Å². The molecule has 0 aliphatic rings.